The van der Waals surface area contributed by atoms with Gasteiger partial charge in [-0.15, -0.1) is 0 Å². The number of carbonyl (C=O) groups excluding carboxylic acids is 1. The van der Waals surface area contributed by atoms with E-state index in [-0.39, 0.29) is 12.4 Å². The van der Waals surface area contributed by atoms with Gasteiger partial charge in [-0.25, -0.2) is 0 Å². The van der Waals surface area contributed by atoms with Crippen molar-refractivity contribution < 1.29 is 9.53 Å². The van der Waals surface area contributed by atoms with Gasteiger partial charge in [-0.05, 0) is 49.4 Å². The van der Waals surface area contributed by atoms with Crippen molar-refractivity contribution in [1.82, 2.24) is 0 Å². The maximum absolute atomic E-state index is 11.9. The van der Waals surface area contributed by atoms with Crippen LogP contribution >= 0.6 is 7.26 Å². The molecule has 0 atom stereocenters. The Morgan fingerprint density at radius 1 is 0.778 bits per heavy atom. The number of benzene rings is 3. The largest absolute Gasteiger partial charge is 0.466 e. The van der Waals surface area contributed by atoms with Gasteiger partial charge in [-0.1, -0.05) is 54.6 Å². The molecular weight excluding hydrogens is 351 g/mol. The lowest BCUT2D eigenvalue weighted by Gasteiger charge is -2.24. The van der Waals surface area contributed by atoms with Crippen LogP contribution in [0, 0.1) is 0 Å². The van der Waals surface area contributed by atoms with E-state index < -0.39 is 7.26 Å². The van der Waals surface area contributed by atoms with Crippen LogP contribution in [0.25, 0.3) is 0 Å². The highest BCUT2D eigenvalue weighted by Gasteiger charge is 2.43. The van der Waals surface area contributed by atoms with Gasteiger partial charge in [-0.2, -0.15) is 0 Å². The van der Waals surface area contributed by atoms with Gasteiger partial charge < -0.3 is 4.74 Å². The average Bonchev–Trinajstić information content (AvgIpc) is 2.73. The highest BCUT2D eigenvalue weighted by Crippen LogP contribution is 2.56. The zero-order chi connectivity index (χ0) is 19.0. The third kappa shape index (κ3) is 4.35. The topological polar surface area (TPSA) is 26.3 Å². The van der Waals surface area contributed by atoms with Gasteiger partial charge in [-0.3, -0.25) is 4.79 Å². The Morgan fingerprint density at radius 2 is 1.19 bits per heavy atom. The van der Waals surface area contributed by atoms with Crippen molar-refractivity contribution in [1.29, 1.82) is 0 Å². The zero-order valence-electron chi connectivity index (χ0n) is 15.5. The van der Waals surface area contributed by atoms with Crippen molar-refractivity contribution in [3.8, 4) is 0 Å². The number of esters is 1. The number of hydrogen-bond acceptors (Lipinski definition) is 2. The number of hydrogen-bond donors (Lipinski definition) is 0. The monoisotopic (exact) mass is 375 g/mol. The first-order chi connectivity index (χ1) is 13.3. The van der Waals surface area contributed by atoms with E-state index in [4.69, 9.17) is 4.74 Å². The van der Waals surface area contributed by atoms with E-state index in [2.05, 4.69) is 78.6 Å². The Labute approximate surface area is 161 Å². The molecule has 0 aromatic heterocycles. The van der Waals surface area contributed by atoms with Crippen molar-refractivity contribution in [2.45, 2.75) is 13.3 Å². The molecule has 3 heteroatoms. The molecule has 2 nitrogen and oxygen atoms in total. The van der Waals surface area contributed by atoms with Crippen LogP contribution in [0.5, 0.6) is 0 Å². The van der Waals surface area contributed by atoms with Crippen LogP contribution in [0.1, 0.15) is 13.3 Å². The van der Waals surface area contributed by atoms with E-state index in [0.29, 0.717) is 6.61 Å². The predicted octanol–water partition coefficient (Wildman–Crippen LogP) is 4.45. The van der Waals surface area contributed by atoms with Crippen molar-refractivity contribution in [3.63, 3.8) is 0 Å². The first kappa shape index (κ1) is 19.1. The molecule has 3 aromatic carbocycles. The summed E-state index contributed by atoms with van der Waals surface area (Å²) in [4.78, 5) is 11.9. The highest BCUT2D eigenvalue weighted by atomic mass is 31.2. The van der Waals surface area contributed by atoms with Gasteiger partial charge in [0, 0.05) is 0 Å². The van der Waals surface area contributed by atoms with E-state index in [1.54, 1.807) is 0 Å². The first-order valence-electron chi connectivity index (χ1n) is 9.16. The molecule has 0 aliphatic carbocycles. The molecule has 0 fully saturated rings. The molecule has 27 heavy (non-hydrogen) atoms. The van der Waals surface area contributed by atoms with Gasteiger partial charge in [0.15, 0.2) is 0 Å². The predicted molar refractivity (Wildman–Crippen MR) is 116 cm³/mol. The second-order valence-electron chi connectivity index (χ2n) is 6.12. The molecule has 3 rings (SSSR count). The Bertz CT molecular complexity index is 777. The van der Waals surface area contributed by atoms with E-state index in [1.807, 2.05) is 31.2 Å². The van der Waals surface area contributed by atoms with Gasteiger partial charge in [0.25, 0.3) is 0 Å². The second kappa shape index (κ2) is 9.30. The maximum Gasteiger partial charge on any atom is 0.309 e. The molecule has 0 heterocycles. The Hall–Kier alpha value is -2.70. The minimum atomic E-state index is -2.02. The van der Waals surface area contributed by atoms with Crippen molar-refractivity contribution in [2.24, 2.45) is 0 Å². The van der Waals surface area contributed by atoms with Crippen LogP contribution in [0.2, 0.25) is 0 Å². The Balaban J connectivity index is 2.17. The van der Waals surface area contributed by atoms with Crippen LogP contribution < -0.4 is 15.9 Å². The molecule has 0 saturated heterocycles. The summed E-state index contributed by atoms with van der Waals surface area (Å²) >= 11 is 0. The zero-order valence-corrected chi connectivity index (χ0v) is 16.4. The third-order valence-electron chi connectivity index (χ3n) is 4.41. The standard InChI is InChI=1S/C24H24O2P/c1-2-26-24(25)19-12-20-27(21-13-6-3-7-14-21,22-15-8-4-9-16-22)23-17-10-5-11-18-23/h3-18,20H,2,19H2,1H3/q+1. The molecular formula is C24H24O2P+. The fraction of sp³-hybridized carbons (Fsp3) is 0.125. The van der Waals surface area contributed by atoms with E-state index in [9.17, 15) is 4.79 Å². The summed E-state index contributed by atoms with van der Waals surface area (Å²) in [5.74, 6) is 2.05. The molecule has 136 valence electrons. The summed E-state index contributed by atoms with van der Waals surface area (Å²) in [6, 6.07) is 31.7. The number of ether oxygens (including phenoxy) is 1. The van der Waals surface area contributed by atoms with E-state index in [1.165, 1.54) is 15.9 Å². The van der Waals surface area contributed by atoms with Crippen molar-refractivity contribution in [2.75, 3.05) is 6.61 Å². The minimum absolute atomic E-state index is 0.193. The molecule has 0 radical (unpaired) electrons. The summed E-state index contributed by atoms with van der Waals surface area (Å²) in [6.45, 7) is 2.24. The quantitative estimate of drug-likeness (QED) is 0.451. The summed E-state index contributed by atoms with van der Waals surface area (Å²) < 4.78 is 5.10. The molecule has 0 saturated carbocycles. The van der Waals surface area contributed by atoms with Crippen LogP contribution in [-0.4, -0.2) is 12.6 Å². The number of rotatable bonds is 7. The molecule has 0 aliphatic rings. The fourth-order valence-electron chi connectivity index (χ4n) is 3.22. The molecule has 0 spiro atoms. The lowest BCUT2D eigenvalue weighted by molar-refractivity contribution is -0.142. The minimum Gasteiger partial charge on any atom is -0.466 e. The molecule has 0 aliphatic heterocycles. The highest BCUT2D eigenvalue weighted by molar-refractivity contribution is 7.98. The second-order valence-corrected chi connectivity index (χ2v) is 9.42. The van der Waals surface area contributed by atoms with Gasteiger partial charge in [0.1, 0.15) is 23.2 Å². The summed E-state index contributed by atoms with van der Waals surface area (Å²) in [7, 11) is -2.02. The lowest BCUT2D eigenvalue weighted by atomic mass is 10.4. The van der Waals surface area contributed by atoms with Crippen molar-refractivity contribution >= 4 is 29.1 Å². The molecule has 0 amide bonds. The molecule has 0 bridgehead atoms. The van der Waals surface area contributed by atoms with E-state index in [0.717, 1.165) is 0 Å². The van der Waals surface area contributed by atoms with E-state index >= 15 is 0 Å². The normalized spacial score (nSPS) is 11.4. The van der Waals surface area contributed by atoms with Gasteiger partial charge >= 0.3 is 5.97 Å². The average molecular weight is 375 g/mol. The SMILES string of the molecule is CCOC(=O)CC=C[P+](c1ccccc1)(c1ccccc1)c1ccccc1. The lowest BCUT2D eigenvalue weighted by Crippen LogP contribution is -2.29. The summed E-state index contributed by atoms with van der Waals surface area (Å²) in [6.07, 6.45) is 2.25. The smallest absolute Gasteiger partial charge is 0.309 e. The van der Waals surface area contributed by atoms with Gasteiger partial charge in [0.2, 0.25) is 0 Å². The van der Waals surface area contributed by atoms with Gasteiger partial charge in [0.05, 0.1) is 18.8 Å². The Morgan fingerprint density at radius 3 is 1.56 bits per heavy atom. The first-order valence-corrected chi connectivity index (χ1v) is 11.0. The molecule has 0 N–H and O–H groups in total. The maximum atomic E-state index is 11.9. The van der Waals surface area contributed by atoms with Crippen LogP contribution in [0.15, 0.2) is 103 Å². The molecule has 3 aromatic rings. The Kier molecular flexibility index (Phi) is 6.57. The summed E-state index contributed by atoms with van der Waals surface area (Å²) in [5.41, 5.74) is 0. The van der Waals surface area contributed by atoms with Crippen LogP contribution in [0.3, 0.4) is 0 Å². The molecule has 0 unspecified atom stereocenters. The third-order valence-corrected chi connectivity index (χ3v) is 8.41. The van der Waals surface area contributed by atoms with Crippen LogP contribution in [0.4, 0.5) is 0 Å². The summed E-state index contributed by atoms with van der Waals surface area (Å²) in [5, 5.41) is 3.80. The van der Waals surface area contributed by atoms with Crippen molar-refractivity contribution in [3.05, 3.63) is 103 Å². The fourth-order valence-corrected chi connectivity index (χ4v) is 6.98. The van der Waals surface area contributed by atoms with Crippen LogP contribution in [-0.2, 0) is 9.53 Å². The number of carbonyl (C=O) groups is 1.